The second-order valence-corrected chi connectivity index (χ2v) is 7.68. The lowest BCUT2D eigenvalue weighted by Gasteiger charge is -2.20. The van der Waals surface area contributed by atoms with Crippen molar-refractivity contribution in [2.24, 2.45) is 11.7 Å². The Bertz CT molecular complexity index is 529. The number of likely N-dealkylation sites (tertiary alicyclic amines) is 1. The van der Waals surface area contributed by atoms with Gasteiger partial charge in [-0.05, 0) is 72.9 Å². The van der Waals surface area contributed by atoms with Gasteiger partial charge in [-0.2, -0.15) is 0 Å². The Morgan fingerprint density at radius 1 is 1.45 bits per heavy atom. The van der Waals surface area contributed by atoms with Gasteiger partial charge < -0.3 is 10.5 Å². The standard InChI is InChI=1S/C16H23BrN2O/c1-16(2)7-12-5-11(6-13(17)15(12)20-16)14-4-10(8-18)9-19(14)3/h5-6,10,14H,4,7-9,18H2,1-3H3. The summed E-state index contributed by atoms with van der Waals surface area (Å²) in [5, 5.41) is 0. The topological polar surface area (TPSA) is 38.5 Å². The summed E-state index contributed by atoms with van der Waals surface area (Å²) in [5.74, 6) is 1.64. The molecule has 1 fully saturated rings. The van der Waals surface area contributed by atoms with E-state index >= 15 is 0 Å². The summed E-state index contributed by atoms with van der Waals surface area (Å²) in [5.41, 5.74) is 8.45. The first kappa shape index (κ1) is 14.4. The molecule has 110 valence electrons. The van der Waals surface area contributed by atoms with E-state index in [1.807, 2.05) is 0 Å². The third-order valence-electron chi connectivity index (χ3n) is 4.49. The summed E-state index contributed by atoms with van der Waals surface area (Å²) < 4.78 is 7.11. The van der Waals surface area contributed by atoms with E-state index in [4.69, 9.17) is 10.5 Å². The number of benzene rings is 1. The molecule has 0 radical (unpaired) electrons. The summed E-state index contributed by atoms with van der Waals surface area (Å²) >= 11 is 3.68. The fourth-order valence-electron chi connectivity index (χ4n) is 3.55. The van der Waals surface area contributed by atoms with Gasteiger partial charge in [0, 0.05) is 19.0 Å². The molecule has 1 aromatic carbocycles. The molecule has 20 heavy (non-hydrogen) atoms. The number of rotatable bonds is 2. The molecule has 4 heteroatoms. The van der Waals surface area contributed by atoms with E-state index in [1.165, 1.54) is 11.1 Å². The van der Waals surface area contributed by atoms with Crippen molar-refractivity contribution in [3.05, 3.63) is 27.7 Å². The molecule has 0 bridgehead atoms. The van der Waals surface area contributed by atoms with Crippen molar-refractivity contribution in [3.8, 4) is 5.75 Å². The molecule has 0 amide bonds. The molecule has 2 heterocycles. The van der Waals surface area contributed by atoms with Gasteiger partial charge in [-0.1, -0.05) is 6.07 Å². The fraction of sp³-hybridized carbons (Fsp3) is 0.625. The van der Waals surface area contributed by atoms with Crippen LogP contribution in [0.2, 0.25) is 0 Å². The summed E-state index contributed by atoms with van der Waals surface area (Å²) in [6.07, 6.45) is 2.13. The van der Waals surface area contributed by atoms with Crippen LogP contribution in [0.15, 0.2) is 16.6 Å². The van der Waals surface area contributed by atoms with Gasteiger partial charge in [-0.25, -0.2) is 0 Å². The fourth-order valence-corrected chi connectivity index (χ4v) is 4.15. The van der Waals surface area contributed by atoms with Gasteiger partial charge in [-0.3, -0.25) is 4.90 Å². The summed E-state index contributed by atoms with van der Waals surface area (Å²) in [4.78, 5) is 2.42. The maximum atomic E-state index is 6.03. The Kier molecular flexibility index (Phi) is 3.59. The molecule has 2 atom stereocenters. The number of nitrogens with zero attached hydrogens (tertiary/aromatic N) is 1. The molecular formula is C16H23BrN2O. The van der Waals surface area contributed by atoms with Crippen molar-refractivity contribution in [1.82, 2.24) is 4.90 Å². The zero-order chi connectivity index (χ0) is 14.5. The molecule has 0 aromatic heterocycles. The molecule has 3 rings (SSSR count). The molecule has 0 saturated carbocycles. The quantitative estimate of drug-likeness (QED) is 0.900. The Balaban J connectivity index is 1.92. The van der Waals surface area contributed by atoms with Crippen LogP contribution in [0.25, 0.3) is 0 Å². The van der Waals surface area contributed by atoms with Gasteiger partial charge in [0.15, 0.2) is 0 Å². The molecular weight excluding hydrogens is 316 g/mol. The van der Waals surface area contributed by atoms with Crippen LogP contribution in [-0.4, -0.2) is 30.6 Å². The van der Waals surface area contributed by atoms with Crippen molar-refractivity contribution >= 4 is 15.9 Å². The highest BCUT2D eigenvalue weighted by Crippen LogP contribution is 2.44. The predicted octanol–water partition coefficient (Wildman–Crippen LogP) is 3.11. The largest absolute Gasteiger partial charge is 0.486 e. The van der Waals surface area contributed by atoms with Crippen molar-refractivity contribution in [3.63, 3.8) is 0 Å². The average Bonchev–Trinajstić information content (AvgIpc) is 2.88. The predicted molar refractivity (Wildman–Crippen MR) is 85.1 cm³/mol. The van der Waals surface area contributed by atoms with Crippen LogP contribution in [0.5, 0.6) is 5.75 Å². The van der Waals surface area contributed by atoms with Crippen LogP contribution in [0.1, 0.15) is 37.4 Å². The highest BCUT2D eigenvalue weighted by atomic mass is 79.9. The lowest BCUT2D eigenvalue weighted by molar-refractivity contribution is 0.137. The minimum Gasteiger partial charge on any atom is -0.486 e. The maximum absolute atomic E-state index is 6.03. The first-order valence-electron chi connectivity index (χ1n) is 7.31. The number of hydrogen-bond acceptors (Lipinski definition) is 3. The van der Waals surface area contributed by atoms with Crippen LogP contribution in [0.4, 0.5) is 0 Å². The second kappa shape index (κ2) is 5.00. The minimum atomic E-state index is -0.0924. The summed E-state index contributed by atoms with van der Waals surface area (Å²) in [6.45, 7) is 6.16. The molecule has 2 unspecified atom stereocenters. The third-order valence-corrected chi connectivity index (χ3v) is 5.08. The lowest BCUT2D eigenvalue weighted by Crippen LogP contribution is -2.24. The van der Waals surface area contributed by atoms with Crippen LogP contribution >= 0.6 is 15.9 Å². The van der Waals surface area contributed by atoms with Gasteiger partial charge >= 0.3 is 0 Å². The van der Waals surface area contributed by atoms with E-state index in [1.54, 1.807) is 0 Å². The number of ether oxygens (including phenoxy) is 1. The van der Waals surface area contributed by atoms with E-state index in [0.717, 1.165) is 36.2 Å². The second-order valence-electron chi connectivity index (χ2n) is 6.82. The molecule has 0 spiro atoms. The van der Waals surface area contributed by atoms with Gasteiger partial charge in [0.25, 0.3) is 0 Å². The molecule has 2 N–H and O–H groups in total. The Labute approximate surface area is 129 Å². The smallest absolute Gasteiger partial charge is 0.137 e. The molecule has 2 aliphatic rings. The van der Waals surface area contributed by atoms with Gasteiger partial charge in [0.05, 0.1) is 4.47 Å². The average molecular weight is 339 g/mol. The van der Waals surface area contributed by atoms with Gasteiger partial charge in [-0.15, -0.1) is 0 Å². The van der Waals surface area contributed by atoms with Gasteiger partial charge in [0.1, 0.15) is 11.4 Å². The van der Waals surface area contributed by atoms with E-state index in [2.05, 4.69) is 53.9 Å². The lowest BCUT2D eigenvalue weighted by atomic mass is 9.95. The highest BCUT2D eigenvalue weighted by molar-refractivity contribution is 9.10. The Hall–Kier alpha value is -0.580. The van der Waals surface area contributed by atoms with E-state index in [-0.39, 0.29) is 5.60 Å². The van der Waals surface area contributed by atoms with E-state index < -0.39 is 0 Å². The zero-order valence-electron chi connectivity index (χ0n) is 12.4. The van der Waals surface area contributed by atoms with Crippen LogP contribution < -0.4 is 10.5 Å². The van der Waals surface area contributed by atoms with Crippen molar-refractivity contribution in [2.75, 3.05) is 20.1 Å². The first-order valence-corrected chi connectivity index (χ1v) is 8.10. The normalized spacial score (nSPS) is 28.4. The van der Waals surface area contributed by atoms with Crippen LogP contribution in [0, 0.1) is 5.92 Å². The van der Waals surface area contributed by atoms with Gasteiger partial charge in [0.2, 0.25) is 0 Å². The van der Waals surface area contributed by atoms with E-state index in [0.29, 0.717) is 12.0 Å². The molecule has 1 aromatic rings. The van der Waals surface area contributed by atoms with Crippen molar-refractivity contribution in [2.45, 2.75) is 38.3 Å². The Morgan fingerprint density at radius 3 is 2.85 bits per heavy atom. The molecule has 3 nitrogen and oxygen atoms in total. The molecule has 0 aliphatic carbocycles. The van der Waals surface area contributed by atoms with Crippen LogP contribution in [-0.2, 0) is 6.42 Å². The van der Waals surface area contributed by atoms with Crippen molar-refractivity contribution in [1.29, 1.82) is 0 Å². The number of nitrogens with two attached hydrogens (primary N) is 1. The monoisotopic (exact) mass is 338 g/mol. The molecule has 1 saturated heterocycles. The number of fused-ring (bicyclic) bond motifs is 1. The summed E-state index contributed by atoms with van der Waals surface area (Å²) in [7, 11) is 2.20. The molecule has 2 aliphatic heterocycles. The number of halogens is 1. The third kappa shape index (κ3) is 2.49. The minimum absolute atomic E-state index is 0.0924. The SMILES string of the molecule is CN1CC(CN)CC1c1cc(Br)c2c(c1)CC(C)(C)O2. The van der Waals surface area contributed by atoms with Crippen molar-refractivity contribution < 1.29 is 4.74 Å². The Morgan fingerprint density at radius 2 is 2.20 bits per heavy atom. The highest BCUT2D eigenvalue weighted by Gasteiger charge is 2.35. The van der Waals surface area contributed by atoms with Crippen LogP contribution in [0.3, 0.4) is 0 Å². The summed E-state index contributed by atoms with van der Waals surface area (Å²) in [6, 6.07) is 5.03. The first-order chi connectivity index (χ1) is 9.39. The van der Waals surface area contributed by atoms with E-state index in [9.17, 15) is 0 Å². The number of hydrogen-bond donors (Lipinski definition) is 1. The zero-order valence-corrected chi connectivity index (χ0v) is 14.0. The maximum Gasteiger partial charge on any atom is 0.137 e.